The number of carbonyl (C=O) groups is 2. The number of nitrogens with one attached hydrogen (secondary N) is 1. The summed E-state index contributed by atoms with van der Waals surface area (Å²) in [5, 5.41) is 0. The Balaban J connectivity index is 4.86. The van der Waals surface area contributed by atoms with Gasteiger partial charge in [-0.3, -0.25) is 9.05 Å². The number of hydrogen-bond donors (Lipinski definition) is 0. The van der Waals surface area contributed by atoms with Crippen LogP contribution in [0.1, 0.15) is 67.2 Å². The maximum atomic E-state index is 12.5. The van der Waals surface area contributed by atoms with Gasteiger partial charge in [-0.2, -0.15) is 0 Å². The molecule has 0 spiro atoms. The Kier molecular flexibility index (Phi) is 13.9. The first-order valence-electron chi connectivity index (χ1n) is 9.91. The number of rotatable bonds is 14. The molecule has 0 aromatic carbocycles. The molecule has 0 aliphatic rings. The number of unbranched alkanes of at least 4 members (excludes halogenated alkanes) is 2. The van der Waals surface area contributed by atoms with Crippen LogP contribution >= 0.6 is 7.75 Å². The maximum Gasteiger partial charge on any atom is 0.510 e. The summed E-state index contributed by atoms with van der Waals surface area (Å²) in [6.45, 7) is 10.8. The van der Waals surface area contributed by atoms with Crippen molar-refractivity contribution in [2.75, 3.05) is 13.2 Å². The Morgan fingerprint density at radius 2 is 1.14 bits per heavy atom. The lowest BCUT2D eigenvalue weighted by atomic mass is 10.2. The average molecular weight is 440 g/mol. The summed E-state index contributed by atoms with van der Waals surface area (Å²) in [6.07, 6.45) is -1.64. The lowest BCUT2D eigenvalue weighted by Crippen LogP contribution is -2.30. The molecule has 0 aliphatic heterocycles. The Labute approximate surface area is 173 Å². The second kappa shape index (κ2) is 14.6. The second-order valence-electron chi connectivity index (χ2n) is 7.07. The molecule has 0 fully saturated rings. The van der Waals surface area contributed by atoms with E-state index in [0.717, 1.165) is 12.8 Å². The highest BCUT2D eigenvalue weighted by molar-refractivity contribution is 7.50. The molecule has 0 bridgehead atoms. The van der Waals surface area contributed by atoms with Gasteiger partial charge in [-0.05, 0) is 12.8 Å². The number of carbonyl (C=O) groups excluding carboxylic acids is 2. The van der Waals surface area contributed by atoms with Crippen molar-refractivity contribution in [3.63, 3.8) is 0 Å². The summed E-state index contributed by atoms with van der Waals surface area (Å²) in [5.74, 6) is -0.873. The Morgan fingerprint density at radius 1 is 0.793 bits per heavy atom. The van der Waals surface area contributed by atoms with E-state index in [4.69, 9.17) is 33.5 Å². The van der Waals surface area contributed by atoms with Gasteiger partial charge in [0, 0.05) is 11.8 Å². The molecule has 171 valence electrons. The Morgan fingerprint density at radius 3 is 1.41 bits per heavy atom. The molecule has 1 N–H and O–H groups in total. The van der Waals surface area contributed by atoms with Crippen molar-refractivity contribution < 1.29 is 42.1 Å². The van der Waals surface area contributed by atoms with Gasteiger partial charge in [-0.15, -0.1) is 5.50 Å². The summed E-state index contributed by atoms with van der Waals surface area (Å²) in [4.78, 5) is 23.4. The molecule has 0 aromatic heterocycles. The van der Waals surface area contributed by atoms with E-state index in [2.05, 4.69) is 0 Å². The minimum Gasteiger partial charge on any atom is -0.434 e. The van der Waals surface area contributed by atoms with E-state index in [9.17, 15) is 14.2 Å². The smallest absolute Gasteiger partial charge is 0.434 e. The number of hydrogen-bond acceptors (Lipinski definition) is 9. The first kappa shape index (κ1) is 27.6. The summed E-state index contributed by atoms with van der Waals surface area (Å²) < 4.78 is 42.4. The van der Waals surface area contributed by atoms with Gasteiger partial charge in [0.25, 0.3) is 0 Å². The molecule has 2 atom stereocenters. The largest absolute Gasteiger partial charge is 0.510 e. The zero-order chi connectivity index (χ0) is 22.4. The normalized spacial score (nSPS) is 15.5. The molecule has 0 saturated carbocycles. The molecule has 0 aliphatic carbocycles. The average Bonchev–Trinajstić information content (AvgIpc) is 2.60. The first-order chi connectivity index (χ1) is 13.5. The van der Waals surface area contributed by atoms with Crippen molar-refractivity contribution in [2.45, 2.75) is 79.8 Å². The van der Waals surface area contributed by atoms with Gasteiger partial charge in [0.15, 0.2) is 0 Å². The quantitative estimate of drug-likeness (QED) is 0.153. The van der Waals surface area contributed by atoms with Crippen molar-refractivity contribution in [3.8, 4) is 0 Å². The third-order valence-electron chi connectivity index (χ3n) is 3.43. The highest BCUT2D eigenvalue weighted by atomic mass is 31.2. The van der Waals surface area contributed by atoms with E-state index in [0.29, 0.717) is 12.8 Å². The molecule has 0 heterocycles. The van der Waals surface area contributed by atoms with Gasteiger partial charge in [0.05, 0.1) is 13.2 Å². The monoisotopic (exact) mass is 440 g/mol. The summed E-state index contributed by atoms with van der Waals surface area (Å²) in [5.41, 5.74) is 7.84. The molecule has 11 heteroatoms. The minimum absolute atomic E-state index is 0.179. The van der Waals surface area contributed by atoms with Crippen LogP contribution in [-0.4, -0.2) is 38.1 Å². The van der Waals surface area contributed by atoms with E-state index < -0.39 is 44.5 Å². The van der Waals surface area contributed by atoms with Crippen molar-refractivity contribution in [1.29, 1.82) is 0 Å². The SMILES string of the molecule is CCCCOC(=O)OC(OP([NH])(=O)OC(OC(=O)OCCCC)C(C)C)C(C)C. The van der Waals surface area contributed by atoms with Gasteiger partial charge < -0.3 is 18.9 Å². The summed E-state index contributed by atoms with van der Waals surface area (Å²) in [6, 6.07) is 0. The molecule has 10 nitrogen and oxygen atoms in total. The minimum atomic E-state index is -4.50. The highest BCUT2D eigenvalue weighted by Gasteiger charge is 2.35. The van der Waals surface area contributed by atoms with Crippen molar-refractivity contribution in [2.24, 2.45) is 11.8 Å². The van der Waals surface area contributed by atoms with Gasteiger partial charge in [0.2, 0.25) is 12.6 Å². The summed E-state index contributed by atoms with van der Waals surface area (Å²) in [7, 11) is -4.50. The molecule has 0 rings (SSSR count). The van der Waals surface area contributed by atoms with Crippen LogP contribution in [0.15, 0.2) is 0 Å². The zero-order valence-corrected chi connectivity index (χ0v) is 19.1. The molecule has 0 aromatic rings. The van der Waals surface area contributed by atoms with Gasteiger partial charge >= 0.3 is 20.1 Å². The van der Waals surface area contributed by atoms with Crippen LogP contribution in [0.2, 0.25) is 0 Å². The van der Waals surface area contributed by atoms with Crippen LogP contribution in [0.25, 0.3) is 0 Å². The maximum absolute atomic E-state index is 12.5. The molecule has 29 heavy (non-hydrogen) atoms. The van der Waals surface area contributed by atoms with Crippen LogP contribution in [0.5, 0.6) is 0 Å². The van der Waals surface area contributed by atoms with Crippen LogP contribution in [0.4, 0.5) is 9.59 Å². The van der Waals surface area contributed by atoms with Crippen LogP contribution < -0.4 is 5.50 Å². The van der Waals surface area contributed by atoms with Crippen molar-refractivity contribution in [3.05, 3.63) is 0 Å². The predicted molar refractivity (Wildman–Crippen MR) is 105 cm³/mol. The van der Waals surface area contributed by atoms with Crippen LogP contribution in [0.3, 0.4) is 0 Å². The van der Waals surface area contributed by atoms with Crippen molar-refractivity contribution >= 4 is 20.1 Å². The van der Waals surface area contributed by atoms with Crippen LogP contribution in [0, 0.1) is 11.8 Å². The topological polar surface area (TPSA) is 130 Å². The molecule has 2 unspecified atom stereocenters. The third kappa shape index (κ3) is 13.5. The molecule has 0 amide bonds. The van der Waals surface area contributed by atoms with Gasteiger partial charge in [-0.25, -0.2) is 14.2 Å². The first-order valence-corrected chi connectivity index (χ1v) is 11.4. The van der Waals surface area contributed by atoms with Gasteiger partial charge in [0.1, 0.15) is 0 Å². The Hall–Kier alpha value is -1.35. The lowest BCUT2D eigenvalue weighted by molar-refractivity contribution is -0.122. The standard InChI is InChI=1S/C18H35NO9P/c1-7-9-11-23-17(20)25-15(13(3)4)27-29(19,22)28-16(14(5)6)26-18(21)24-12-10-8-2/h13-16,19H,7-12H2,1-6H3. The number of ether oxygens (including phenoxy) is 4. The summed E-state index contributed by atoms with van der Waals surface area (Å²) >= 11 is 0. The van der Waals surface area contributed by atoms with E-state index in [1.165, 1.54) is 0 Å². The second-order valence-corrected chi connectivity index (χ2v) is 8.49. The van der Waals surface area contributed by atoms with Gasteiger partial charge in [-0.1, -0.05) is 54.4 Å². The highest BCUT2D eigenvalue weighted by Crippen LogP contribution is 2.47. The fourth-order valence-electron chi connectivity index (χ4n) is 1.71. The lowest BCUT2D eigenvalue weighted by Gasteiger charge is -2.27. The van der Waals surface area contributed by atoms with E-state index in [-0.39, 0.29) is 13.2 Å². The Bertz CT molecular complexity index is 485. The predicted octanol–water partition coefficient (Wildman–Crippen LogP) is 5.28. The zero-order valence-electron chi connectivity index (χ0n) is 18.2. The molecular weight excluding hydrogens is 405 g/mol. The van der Waals surface area contributed by atoms with E-state index in [1.807, 2.05) is 13.8 Å². The molecule has 0 saturated heterocycles. The van der Waals surface area contributed by atoms with E-state index in [1.54, 1.807) is 27.7 Å². The third-order valence-corrected chi connectivity index (χ3v) is 4.41. The van der Waals surface area contributed by atoms with E-state index >= 15 is 0 Å². The van der Waals surface area contributed by atoms with Crippen LogP contribution in [-0.2, 0) is 32.6 Å². The molecular formula is C18H35NO9P. The fraction of sp³-hybridized carbons (Fsp3) is 0.889. The van der Waals surface area contributed by atoms with Crippen molar-refractivity contribution in [1.82, 2.24) is 5.50 Å². The molecule has 1 radical (unpaired) electrons. The fourth-order valence-corrected chi connectivity index (χ4v) is 2.88.